The van der Waals surface area contributed by atoms with Crippen molar-refractivity contribution in [1.82, 2.24) is 10.0 Å². The molecule has 2 fully saturated rings. The molecule has 1 aromatic rings. The molecule has 7 nitrogen and oxygen atoms in total. The van der Waals surface area contributed by atoms with E-state index in [1.54, 1.807) is 18.2 Å². The number of benzene rings is 1. The van der Waals surface area contributed by atoms with Crippen LogP contribution in [0.4, 0.5) is 0 Å². The lowest BCUT2D eigenvalue weighted by Crippen LogP contribution is -2.55. The summed E-state index contributed by atoms with van der Waals surface area (Å²) in [4.78, 5) is 12.6. The molecule has 2 aliphatic carbocycles. The van der Waals surface area contributed by atoms with Gasteiger partial charge in [0.2, 0.25) is 15.9 Å². The van der Waals surface area contributed by atoms with Gasteiger partial charge >= 0.3 is 0 Å². The number of hydrogen-bond donors (Lipinski definition) is 3. The van der Waals surface area contributed by atoms with Crippen LogP contribution in [-0.4, -0.2) is 33.0 Å². The first-order chi connectivity index (χ1) is 12.9. The van der Waals surface area contributed by atoms with Gasteiger partial charge in [0.15, 0.2) is 0 Å². The summed E-state index contributed by atoms with van der Waals surface area (Å²) in [5, 5.41) is 3.07. The van der Waals surface area contributed by atoms with Crippen molar-refractivity contribution in [2.24, 2.45) is 17.6 Å². The number of nitrogens with two attached hydrogens (primary N) is 1. The zero-order chi connectivity index (χ0) is 19.0. The van der Waals surface area contributed by atoms with E-state index in [0.29, 0.717) is 25.0 Å². The summed E-state index contributed by atoms with van der Waals surface area (Å²) in [6, 6.07) is 5.28. The summed E-state index contributed by atoms with van der Waals surface area (Å²) in [5.74, 6) is 0.537. The third-order valence-electron chi connectivity index (χ3n) is 6.13. The van der Waals surface area contributed by atoms with Crippen LogP contribution in [0.2, 0.25) is 0 Å². The lowest BCUT2D eigenvalue weighted by Gasteiger charge is -2.45. The number of nitrogens with one attached hydrogen (secondary N) is 2. The molecule has 2 unspecified atom stereocenters. The monoisotopic (exact) mass is 393 g/mol. The van der Waals surface area contributed by atoms with E-state index < -0.39 is 10.0 Å². The summed E-state index contributed by atoms with van der Waals surface area (Å²) in [6.45, 7) is 0.683. The lowest BCUT2D eigenvalue weighted by atomic mass is 9.67. The minimum absolute atomic E-state index is 0.118. The predicted molar refractivity (Wildman–Crippen MR) is 100 cm³/mol. The first kappa shape index (κ1) is 18.9. The van der Waals surface area contributed by atoms with Crippen LogP contribution in [0.5, 0.6) is 0 Å². The molecule has 8 heteroatoms. The molecule has 27 heavy (non-hydrogen) atoms. The Bertz CT molecular complexity index is 812. The third kappa shape index (κ3) is 4.03. The Morgan fingerprint density at radius 2 is 1.85 bits per heavy atom. The molecular weight excluding hydrogens is 366 g/mol. The van der Waals surface area contributed by atoms with Crippen molar-refractivity contribution in [1.29, 1.82) is 0 Å². The quantitative estimate of drug-likeness (QED) is 0.692. The number of hydrogen-bond acceptors (Lipinski definition) is 5. The molecule has 1 amide bonds. The highest BCUT2D eigenvalue weighted by Gasteiger charge is 2.39. The fourth-order valence-electron chi connectivity index (χ4n) is 4.82. The van der Waals surface area contributed by atoms with E-state index in [2.05, 4.69) is 10.0 Å². The summed E-state index contributed by atoms with van der Waals surface area (Å²) in [6.07, 6.45) is 5.22. The molecule has 0 spiro atoms. The van der Waals surface area contributed by atoms with Crippen LogP contribution < -0.4 is 15.8 Å². The summed E-state index contributed by atoms with van der Waals surface area (Å²) < 4.78 is 32.8. The maximum Gasteiger partial charge on any atom is 0.241 e. The first-order valence-corrected chi connectivity index (χ1v) is 11.1. The van der Waals surface area contributed by atoms with Crippen LogP contribution in [0.25, 0.3) is 0 Å². The number of carbonyl (C=O) groups excluding carboxylic acids is 1. The molecule has 148 valence electrons. The molecule has 1 heterocycles. The topological polar surface area (TPSA) is 111 Å². The molecule has 0 radical (unpaired) electrons. The van der Waals surface area contributed by atoms with Crippen LogP contribution in [0.15, 0.2) is 23.1 Å². The van der Waals surface area contributed by atoms with Gasteiger partial charge in [-0.15, -0.1) is 0 Å². The number of fused-ring (bicyclic) bond motifs is 3. The number of amides is 1. The van der Waals surface area contributed by atoms with Gasteiger partial charge < -0.3 is 15.8 Å². The second-order valence-electron chi connectivity index (χ2n) is 8.02. The smallest absolute Gasteiger partial charge is 0.241 e. The second-order valence-corrected chi connectivity index (χ2v) is 9.79. The Balaban J connectivity index is 1.36. The minimum atomic E-state index is -3.73. The molecule has 4 N–H and O–H groups in total. The summed E-state index contributed by atoms with van der Waals surface area (Å²) in [7, 11) is -3.73. The Morgan fingerprint density at radius 1 is 1.15 bits per heavy atom. The van der Waals surface area contributed by atoms with Crippen molar-refractivity contribution in [3.63, 3.8) is 0 Å². The first-order valence-electron chi connectivity index (χ1n) is 9.66. The molecular formula is C19H27N3O4S. The Hall–Kier alpha value is -1.48. The highest BCUT2D eigenvalue weighted by Crippen LogP contribution is 2.39. The van der Waals surface area contributed by atoms with Gasteiger partial charge in [0.1, 0.15) is 0 Å². The molecule has 1 aliphatic heterocycles. The van der Waals surface area contributed by atoms with E-state index >= 15 is 0 Å². The van der Waals surface area contributed by atoms with Crippen LogP contribution in [0, 0.1) is 11.8 Å². The van der Waals surface area contributed by atoms with Gasteiger partial charge in [-0.3, -0.25) is 4.79 Å². The van der Waals surface area contributed by atoms with Gasteiger partial charge in [0, 0.05) is 12.1 Å². The normalized spacial score (nSPS) is 30.0. The van der Waals surface area contributed by atoms with Crippen molar-refractivity contribution in [3.8, 4) is 0 Å². The maximum atomic E-state index is 12.5. The molecule has 0 saturated heterocycles. The second kappa shape index (κ2) is 7.50. The zero-order valence-electron chi connectivity index (χ0n) is 15.3. The SMILES string of the molecule is NC1CC2CCCC(C1)C2NC(=O)CNS(=O)(=O)c1ccc2c(c1)COC2. The van der Waals surface area contributed by atoms with Crippen molar-refractivity contribution >= 4 is 15.9 Å². The molecule has 2 atom stereocenters. The number of ether oxygens (including phenoxy) is 1. The molecule has 0 aromatic heterocycles. The van der Waals surface area contributed by atoms with E-state index in [1.807, 2.05) is 0 Å². The summed E-state index contributed by atoms with van der Waals surface area (Å²) in [5.41, 5.74) is 8.01. The van der Waals surface area contributed by atoms with Crippen LogP contribution in [0.3, 0.4) is 0 Å². The minimum Gasteiger partial charge on any atom is -0.372 e. The zero-order valence-corrected chi connectivity index (χ0v) is 16.1. The third-order valence-corrected chi connectivity index (χ3v) is 7.53. The van der Waals surface area contributed by atoms with Crippen molar-refractivity contribution in [2.75, 3.05) is 6.54 Å². The lowest BCUT2D eigenvalue weighted by molar-refractivity contribution is -0.122. The molecule has 3 aliphatic rings. The fraction of sp³-hybridized carbons (Fsp3) is 0.632. The van der Waals surface area contributed by atoms with E-state index in [4.69, 9.17) is 10.5 Å². The summed E-state index contributed by atoms with van der Waals surface area (Å²) >= 11 is 0. The Morgan fingerprint density at radius 3 is 2.59 bits per heavy atom. The van der Waals surface area contributed by atoms with Crippen molar-refractivity contribution in [3.05, 3.63) is 29.3 Å². The largest absolute Gasteiger partial charge is 0.372 e. The van der Waals surface area contributed by atoms with Gasteiger partial charge in [-0.25, -0.2) is 13.1 Å². The van der Waals surface area contributed by atoms with Gasteiger partial charge in [0.25, 0.3) is 0 Å². The number of sulfonamides is 1. The average Bonchev–Trinajstić information content (AvgIpc) is 3.09. The highest BCUT2D eigenvalue weighted by molar-refractivity contribution is 7.89. The number of carbonyl (C=O) groups is 1. The highest BCUT2D eigenvalue weighted by atomic mass is 32.2. The van der Waals surface area contributed by atoms with E-state index in [9.17, 15) is 13.2 Å². The fourth-order valence-corrected chi connectivity index (χ4v) is 5.85. The van der Waals surface area contributed by atoms with Gasteiger partial charge in [-0.2, -0.15) is 0 Å². The standard InChI is InChI=1S/C19H27N3O4S/c20-16-6-12-2-1-3-13(7-16)19(12)22-18(23)9-21-27(24,25)17-5-4-14-10-26-11-15(14)8-17/h4-5,8,12-13,16,19,21H,1-3,6-7,9-11,20H2,(H,22,23). The Kier molecular flexibility index (Phi) is 5.24. The molecule has 2 saturated carbocycles. The van der Waals surface area contributed by atoms with E-state index in [0.717, 1.165) is 36.8 Å². The van der Waals surface area contributed by atoms with E-state index in [1.165, 1.54) is 6.42 Å². The average molecular weight is 394 g/mol. The molecule has 2 bridgehead atoms. The van der Waals surface area contributed by atoms with Crippen molar-refractivity contribution in [2.45, 2.75) is 62.3 Å². The van der Waals surface area contributed by atoms with Gasteiger partial charge in [0.05, 0.1) is 24.7 Å². The molecule has 1 aromatic carbocycles. The van der Waals surface area contributed by atoms with Crippen LogP contribution in [-0.2, 0) is 32.8 Å². The van der Waals surface area contributed by atoms with Crippen molar-refractivity contribution < 1.29 is 17.9 Å². The molecule has 4 rings (SSSR count). The van der Waals surface area contributed by atoms with Crippen LogP contribution >= 0.6 is 0 Å². The predicted octanol–water partition coefficient (Wildman–Crippen LogP) is 1.02. The van der Waals surface area contributed by atoms with Gasteiger partial charge in [-0.05, 0) is 60.8 Å². The van der Waals surface area contributed by atoms with Crippen LogP contribution in [0.1, 0.15) is 43.2 Å². The van der Waals surface area contributed by atoms with Gasteiger partial charge in [-0.1, -0.05) is 12.5 Å². The Labute approximate surface area is 160 Å². The maximum absolute atomic E-state index is 12.5. The van der Waals surface area contributed by atoms with E-state index in [-0.39, 0.29) is 29.4 Å². The number of rotatable bonds is 5.